The number of carbonyl (C=O) groups is 1. The summed E-state index contributed by atoms with van der Waals surface area (Å²) in [4.78, 5) is 21.3. The van der Waals surface area contributed by atoms with Crippen molar-refractivity contribution in [3.63, 3.8) is 0 Å². The number of hydrogen-bond donors (Lipinski definition) is 0. The van der Waals surface area contributed by atoms with Gasteiger partial charge in [-0.2, -0.15) is 8.78 Å². The van der Waals surface area contributed by atoms with Gasteiger partial charge in [-0.3, -0.25) is 0 Å². The first kappa shape index (κ1) is 12.0. The van der Waals surface area contributed by atoms with Gasteiger partial charge in [0.15, 0.2) is 5.75 Å². The molecule has 7 heteroatoms. The third-order valence-corrected chi connectivity index (χ3v) is 1.70. The Hall–Kier alpha value is -2.05. The molecule has 16 heavy (non-hydrogen) atoms. The minimum atomic E-state index is -3.10. The highest BCUT2D eigenvalue weighted by atomic mass is 19.3. The number of esters is 1. The van der Waals surface area contributed by atoms with Crippen LogP contribution in [0.3, 0.4) is 0 Å². The number of methoxy groups -OCH3 is 1. The van der Waals surface area contributed by atoms with E-state index in [0.717, 1.165) is 19.2 Å². The van der Waals surface area contributed by atoms with Crippen LogP contribution in [-0.2, 0) is 4.74 Å². The van der Waals surface area contributed by atoms with E-state index in [0.29, 0.717) is 0 Å². The zero-order valence-corrected chi connectivity index (χ0v) is 8.15. The molecule has 0 amide bonds. The molecule has 0 fully saturated rings. The van der Waals surface area contributed by atoms with Gasteiger partial charge in [-0.1, -0.05) is 0 Å². The van der Waals surface area contributed by atoms with Crippen molar-refractivity contribution in [1.82, 2.24) is 0 Å². The number of nitrogens with zero attached hydrogens (tertiary/aromatic N) is 1. The molecule has 0 atom stereocenters. The van der Waals surface area contributed by atoms with Crippen LogP contribution in [0.2, 0.25) is 0 Å². The fourth-order valence-electron chi connectivity index (χ4n) is 1.02. The van der Waals surface area contributed by atoms with Crippen molar-refractivity contribution in [2.45, 2.75) is 6.61 Å². The van der Waals surface area contributed by atoms with Crippen LogP contribution in [0.5, 0.6) is 5.75 Å². The lowest BCUT2D eigenvalue weighted by molar-refractivity contribution is -0.0495. The molecular formula is C9H7F2NO4. The van der Waals surface area contributed by atoms with Crippen molar-refractivity contribution >= 4 is 11.7 Å². The number of carbonyl (C=O) groups excluding carboxylic acids is 1. The number of halogens is 2. The zero-order valence-electron chi connectivity index (χ0n) is 8.15. The Labute approximate surface area is 88.9 Å². The van der Waals surface area contributed by atoms with E-state index in [4.69, 9.17) is 0 Å². The Bertz CT molecular complexity index is 408. The molecule has 0 N–H and O–H groups in total. The molecule has 86 valence electrons. The van der Waals surface area contributed by atoms with Crippen LogP contribution < -0.4 is 4.74 Å². The average Bonchev–Trinajstić information content (AvgIpc) is 2.27. The van der Waals surface area contributed by atoms with Crippen LogP contribution in [0, 0.1) is 4.91 Å². The molecule has 5 nitrogen and oxygen atoms in total. The smallest absolute Gasteiger partial charge is 0.387 e. The van der Waals surface area contributed by atoms with Crippen molar-refractivity contribution in [1.29, 1.82) is 0 Å². The highest BCUT2D eigenvalue weighted by molar-refractivity contribution is 5.90. The monoisotopic (exact) mass is 231 g/mol. The van der Waals surface area contributed by atoms with Crippen molar-refractivity contribution in [3.8, 4) is 5.75 Å². The third-order valence-electron chi connectivity index (χ3n) is 1.70. The van der Waals surface area contributed by atoms with E-state index >= 15 is 0 Å². The third kappa shape index (κ3) is 2.72. The number of nitroso groups, excluding NO2 is 1. The largest absolute Gasteiger partial charge is 0.465 e. The number of alkyl halides is 2. The van der Waals surface area contributed by atoms with E-state index in [9.17, 15) is 18.5 Å². The molecule has 0 bridgehead atoms. The van der Waals surface area contributed by atoms with Crippen molar-refractivity contribution in [2.75, 3.05) is 7.11 Å². The molecule has 1 rings (SSSR count). The molecule has 0 aromatic heterocycles. The summed E-state index contributed by atoms with van der Waals surface area (Å²) in [5.74, 6) is -1.19. The molecule has 0 radical (unpaired) electrons. The quantitative estimate of drug-likeness (QED) is 0.589. The van der Waals surface area contributed by atoms with Crippen LogP contribution >= 0.6 is 0 Å². The number of ether oxygens (including phenoxy) is 2. The summed E-state index contributed by atoms with van der Waals surface area (Å²) in [6, 6.07) is 3.28. The van der Waals surface area contributed by atoms with Gasteiger partial charge in [0.25, 0.3) is 0 Å². The van der Waals surface area contributed by atoms with Crippen LogP contribution in [0.15, 0.2) is 23.4 Å². The van der Waals surface area contributed by atoms with Gasteiger partial charge in [0.2, 0.25) is 0 Å². The van der Waals surface area contributed by atoms with Gasteiger partial charge in [-0.15, -0.1) is 4.91 Å². The number of benzene rings is 1. The fraction of sp³-hybridized carbons (Fsp3) is 0.222. The molecule has 0 aliphatic rings. The lowest BCUT2D eigenvalue weighted by atomic mass is 10.2. The minimum Gasteiger partial charge on any atom is -0.465 e. The fourth-order valence-corrected chi connectivity index (χ4v) is 1.02. The van der Waals surface area contributed by atoms with E-state index < -0.39 is 18.3 Å². The standard InChI is InChI=1S/C9H7F2NO4/c1-15-8(13)5-2-3-6(12-14)7(4-5)16-9(10)11/h2-4,9H,1H3. The first-order chi connectivity index (χ1) is 7.58. The van der Waals surface area contributed by atoms with E-state index in [1.165, 1.54) is 6.07 Å². The second kappa shape index (κ2) is 5.15. The maximum atomic E-state index is 12.0. The molecule has 0 saturated carbocycles. The Morgan fingerprint density at radius 3 is 2.62 bits per heavy atom. The molecule has 0 aliphatic heterocycles. The summed E-state index contributed by atoms with van der Waals surface area (Å²) < 4.78 is 32.4. The predicted octanol–water partition coefficient (Wildman–Crippen LogP) is 2.47. The molecule has 0 unspecified atom stereocenters. The van der Waals surface area contributed by atoms with Crippen molar-refractivity contribution in [2.24, 2.45) is 5.18 Å². The maximum absolute atomic E-state index is 12.0. The number of hydrogen-bond acceptors (Lipinski definition) is 5. The van der Waals surface area contributed by atoms with Crippen molar-refractivity contribution in [3.05, 3.63) is 28.7 Å². The first-order valence-corrected chi connectivity index (χ1v) is 4.09. The van der Waals surface area contributed by atoms with Crippen LogP contribution in [0.4, 0.5) is 14.5 Å². The van der Waals surface area contributed by atoms with E-state index in [1.54, 1.807) is 0 Å². The van der Waals surface area contributed by atoms with Crippen LogP contribution in [-0.4, -0.2) is 19.7 Å². The lowest BCUT2D eigenvalue weighted by Crippen LogP contribution is -2.05. The predicted molar refractivity (Wildman–Crippen MR) is 49.9 cm³/mol. The van der Waals surface area contributed by atoms with E-state index in [-0.39, 0.29) is 11.3 Å². The lowest BCUT2D eigenvalue weighted by Gasteiger charge is -2.07. The Morgan fingerprint density at radius 1 is 1.44 bits per heavy atom. The second-order valence-electron chi connectivity index (χ2n) is 2.64. The van der Waals surface area contributed by atoms with Gasteiger partial charge in [0.05, 0.1) is 12.7 Å². The second-order valence-corrected chi connectivity index (χ2v) is 2.64. The van der Waals surface area contributed by atoms with Crippen LogP contribution in [0.25, 0.3) is 0 Å². The van der Waals surface area contributed by atoms with Gasteiger partial charge in [0, 0.05) is 0 Å². The van der Waals surface area contributed by atoms with E-state index in [2.05, 4.69) is 14.7 Å². The summed E-state index contributed by atoms with van der Waals surface area (Å²) in [7, 11) is 1.14. The Balaban J connectivity index is 3.10. The minimum absolute atomic E-state index is 0.00875. The normalized spacial score (nSPS) is 10.0. The van der Waals surface area contributed by atoms with E-state index in [1.807, 2.05) is 0 Å². The highest BCUT2D eigenvalue weighted by Crippen LogP contribution is 2.29. The Kier molecular flexibility index (Phi) is 3.87. The number of rotatable bonds is 4. The average molecular weight is 231 g/mol. The topological polar surface area (TPSA) is 65.0 Å². The molecule has 1 aromatic rings. The first-order valence-electron chi connectivity index (χ1n) is 4.09. The van der Waals surface area contributed by atoms with Gasteiger partial charge in [-0.05, 0) is 23.4 Å². The molecule has 0 aliphatic carbocycles. The summed E-state index contributed by atoms with van der Waals surface area (Å²) in [5.41, 5.74) is -0.321. The summed E-state index contributed by atoms with van der Waals surface area (Å²) in [6.45, 7) is -3.10. The molecule has 0 saturated heterocycles. The molecular weight excluding hydrogens is 224 g/mol. The van der Waals surface area contributed by atoms with Gasteiger partial charge in [0.1, 0.15) is 5.69 Å². The Morgan fingerprint density at radius 2 is 2.12 bits per heavy atom. The summed E-state index contributed by atoms with van der Waals surface area (Å²) >= 11 is 0. The SMILES string of the molecule is COC(=O)c1ccc(N=O)c(OC(F)F)c1. The highest BCUT2D eigenvalue weighted by Gasteiger charge is 2.14. The molecule has 1 aromatic carbocycles. The summed E-state index contributed by atoms with van der Waals surface area (Å²) in [5, 5.41) is 2.49. The maximum Gasteiger partial charge on any atom is 0.387 e. The van der Waals surface area contributed by atoms with Gasteiger partial charge >= 0.3 is 12.6 Å². The molecule has 0 heterocycles. The van der Waals surface area contributed by atoms with Crippen LogP contribution in [0.1, 0.15) is 10.4 Å². The van der Waals surface area contributed by atoms with Crippen molar-refractivity contribution < 1.29 is 23.0 Å². The molecule has 0 spiro atoms. The zero-order chi connectivity index (χ0) is 12.1. The van der Waals surface area contributed by atoms with Gasteiger partial charge < -0.3 is 9.47 Å². The summed E-state index contributed by atoms with van der Waals surface area (Å²) in [6.07, 6.45) is 0. The van der Waals surface area contributed by atoms with Gasteiger partial charge in [-0.25, -0.2) is 4.79 Å².